The molecule has 1 saturated heterocycles. The number of nitrogens with one attached hydrogen (secondary N) is 1. The number of amides is 2. The fourth-order valence-corrected chi connectivity index (χ4v) is 3.76. The second kappa shape index (κ2) is 10.3. The van der Waals surface area contributed by atoms with Gasteiger partial charge in [-0.15, -0.1) is 0 Å². The topological polar surface area (TPSA) is 120 Å². The smallest absolute Gasteiger partial charge is 0.422 e. The molecule has 9 nitrogen and oxygen atoms in total. The molecule has 0 bridgehead atoms. The number of pyridine rings is 2. The van der Waals surface area contributed by atoms with Crippen molar-refractivity contribution >= 4 is 17.6 Å². The number of nitrogens with two attached hydrogens (primary N) is 1. The molecule has 2 amide bonds. The summed E-state index contributed by atoms with van der Waals surface area (Å²) < 4.78 is 48.2. The fourth-order valence-electron chi connectivity index (χ4n) is 3.76. The number of carbonyl (C=O) groups is 2. The number of aromatic nitrogens is 2. The highest BCUT2D eigenvalue weighted by molar-refractivity contribution is 5.94. The lowest BCUT2D eigenvalue weighted by atomic mass is 10.0. The van der Waals surface area contributed by atoms with Crippen LogP contribution in [0, 0.1) is 6.92 Å². The summed E-state index contributed by atoms with van der Waals surface area (Å²) in [6, 6.07) is 4.84. The van der Waals surface area contributed by atoms with Gasteiger partial charge >= 0.3 is 6.18 Å². The third-order valence-electron chi connectivity index (χ3n) is 5.31. The first kappa shape index (κ1) is 25.4. The lowest BCUT2D eigenvalue weighted by Gasteiger charge is -2.37. The van der Waals surface area contributed by atoms with E-state index in [1.165, 1.54) is 13.0 Å². The van der Waals surface area contributed by atoms with Gasteiger partial charge in [0, 0.05) is 49.6 Å². The minimum atomic E-state index is -4.53. The maximum atomic E-state index is 12.5. The monoisotopic (exact) mass is 481 g/mol. The van der Waals surface area contributed by atoms with Gasteiger partial charge in [-0.1, -0.05) is 0 Å². The number of primary amides is 1. The molecule has 1 aliphatic rings. The third-order valence-corrected chi connectivity index (χ3v) is 5.31. The Balaban J connectivity index is 1.84. The van der Waals surface area contributed by atoms with Crippen LogP contribution >= 0.6 is 0 Å². The van der Waals surface area contributed by atoms with Gasteiger partial charge in [-0.05, 0) is 31.5 Å². The molecule has 2 aromatic heterocycles. The second-order valence-corrected chi connectivity index (χ2v) is 8.02. The van der Waals surface area contributed by atoms with Crippen molar-refractivity contribution in [1.82, 2.24) is 14.9 Å². The number of halogens is 3. The number of alkyl halides is 3. The summed E-state index contributed by atoms with van der Waals surface area (Å²) in [6.07, 6.45) is -4.08. The molecule has 3 rings (SSSR count). The van der Waals surface area contributed by atoms with Gasteiger partial charge in [0.15, 0.2) is 6.61 Å². The maximum Gasteiger partial charge on any atom is 0.422 e. The van der Waals surface area contributed by atoms with E-state index in [1.54, 1.807) is 6.07 Å². The number of carbonyl (C=O) groups excluding carboxylic acids is 2. The van der Waals surface area contributed by atoms with Crippen molar-refractivity contribution in [3.8, 4) is 5.88 Å². The lowest BCUT2D eigenvalue weighted by molar-refractivity contribution is -0.154. The van der Waals surface area contributed by atoms with Crippen molar-refractivity contribution in [2.75, 3.05) is 31.6 Å². The molecule has 0 spiro atoms. The summed E-state index contributed by atoms with van der Waals surface area (Å²) in [7, 11) is 0. The molecule has 1 aliphatic heterocycles. The summed E-state index contributed by atoms with van der Waals surface area (Å²) in [6.45, 7) is 4.91. The number of ether oxygens (including phenoxy) is 2. The van der Waals surface area contributed by atoms with Crippen LogP contribution < -0.4 is 15.8 Å². The predicted molar refractivity (Wildman–Crippen MR) is 116 cm³/mol. The van der Waals surface area contributed by atoms with Crippen molar-refractivity contribution < 1.29 is 32.2 Å². The van der Waals surface area contributed by atoms with Crippen molar-refractivity contribution in [1.29, 1.82) is 0 Å². The van der Waals surface area contributed by atoms with E-state index in [0.29, 0.717) is 31.1 Å². The van der Waals surface area contributed by atoms with Crippen LogP contribution in [-0.4, -0.2) is 59.2 Å². The van der Waals surface area contributed by atoms with E-state index in [0.717, 1.165) is 17.5 Å². The Labute approximate surface area is 194 Å². The molecule has 3 N–H and O–H groups in total. The number of rotatable bonds is 7. The highest BCUT2D eigenvalue weighted by Gasteiger charge is 2.31. The largest absolute Gasteiger partial charge is 0.468 e. The number of aryl methyl sites for hydroxylation is 1. The summed E-state index contributed by atoms with van der Waals surface area (Å²) in [5.74, 6) is -0.849. The molecule has 0 aromatic carbocycles. The van der Waals surface area contributed by atoms with Crippen LogP contribution in [0.4, 0.5) is 19.0 Å². The van der Waals surface area contributed by atoms with Crippen molar-refractivity contribution in [3.63, 3.8) is 0 Å². The first-order chi connectivity index (χ1) is 15.9. The van der Waals surface area contributed by atoms with Gasteiger partial charge in [0.2, 0.25) is 11.8 Å². The van der Waals surface area contributed by atoms with Crippen LogP contribution in [0.5, 0.6) is 5.88 Å². The van der Waals surface area contributed by atoms with Crippen LogP contribution in [-0.2, 0) is 9.53 Å². The highest BCUT2D eigenvalue weighted by Crippen LogP contribution is 2.32. The lowest BCUT2D eigenvalue weighted by Crippen LogP contribution is -2.40. The molecule has 0 radical (unpaired) electrons. The number of anilines is 1. The van der Waals surface area contributed by atoms with Gasteiger partial charge in [0.05, 0.1) is 18.3 Å². The first-order valence-electron chi connectivity index (χ1n) is 10.5. The molecule has 2 unspecified atom stereocenters. The standard InChI is InChI=1S/C22H26F3N5O4/c1-12-6-15(7-19(28-12)29-14(3)31)13(2)30-4-5-33-18(10-30)16-8-20(34-11-22(23,24)25)27-9-17(16)21(26)32/h6-9,13,18H,4-5,10-11H2,1-3H3,(H2,26,32)(H,28,29,31). The zero-order chi connectivity index (χ0) is 25.0. The molecular formula is C22H26F3N5O4. The Morgan fingerprint density at radius 1 is 1.35 bits per heavy atom. The molecule has 1 fully saturated rings. The molecule has 2 atom stereocenters. The highest BCUT2D eigenvalue weighted by atomic mass is 19.4. The van der Waals surface area contributed by atoms with Crippen molar-refractivity contribution in [2.45, 2.75) is 39.1 Å². The minimum Gasteiger partial charge on any atom is -0.468 e. The maximum absolute atomic E-state index is 12.5. The quantitative estimate of drug-likeness (QED) is 0.624. The molecule has 12 heteroatoms. The SMILES string of the molecule is CC(=O)Nc1cc(C(C)N2CCOC(c3cc(OCC(F)(F)F)ncc3C(N)=O)C2)cc(C)n1. The minimum absolute atomic E-state index is 0.0477. The predicted octanol–water partition coefficient (Wildman–Crippen LogP) is 2.92. The average molecular weight is 481 g/mol. The van der Waals surface area contributed by atoms with Crippen LogP contribution in [0.3, 0.4) is 0 Å². The van der Waals surface area contributed by atoms with Crippen molar-refractivity contribution in [2.24, 2.45) is 5.73 Å². The Morgan fingerprint density at radius 3 is 2.74 bits per heavy atom. The van der Waals surface area contributed by atoms with Crippen LogP contribution in [0.25, 0.3) is 0 Å². The third kappa shape index (κ3) is 6.64. The molecule has 184 valence electrons. The van der Waals surface area contributed by atoms with E-state index in [9.17, 15) is 22.8 Å². The summed E-state index contributed by atoms with van der Waals surface area (Å²) in [5.41, 5.74) is 7.46. The Morgan fingerprint density at radius 2 is 2.09 bits per heavy atom. The van der Waals surface area contributed by atoms with Gasteiger partial charge in [-0.3, -0.25) is 14.5 Å². The molecule has 3 heterocycles. The number of nitrogens with zero attached hydrogens (tertiary/aromatic N) is 3. The van der Waals surface area contributed by atoms with E-state index in [4.69, 9.17) is 15.2 Å². The van der Waals surface area contributed by atoms with E-state index in [-0.39, 0.29) is 23.4 Å². The van der Waals surface area contributed by atoms with Gasteiger partial charge in [-0.25, -0.2) is 9.97 Å². The number of hydrogen-bond donors (Lipinski definition) is 2. The fraction of sp³-hybridized carbons (Fsp3) is 0.455. The summed E-state index contributed by atoms with van der Waals surface area (Å²) in [5, 5.41) is 2.68. The van der Waals surface area contributed by atoms with Gasteiger partial charge in [-0.2, -0.15) is 13.2 Å². The second-order valence-electron chi connectivity index (χ2n) is 8.02. The van der Waals surface area contributed by atoms with Gasteiger partial charge in [0.1, 0.15) is 5.82 Å². The molecule has 0 saturated carbocycles. The van der Waals surface area contributed by atoms with E-state index in [2.05, 4.69) is 20.2 Å². The number of morpholine rings is 1. The van der Waals surface area contributed by atoms with Crippen molar-refractivity contribution in [3.05, 3.63) is 46.8 Å². The van der Waals surface area contributed by atoms with E-state index >= 15 is 0 Å². The van der Waals surface area contributed by atoms with E-state index in [1.807, 2.05) is 19.9 Å². The average Bonchev–Trinajstić information content (AvgIpc) is 2.75. The Kier molecular flexibility index (Phi) is 7.72. The summed E-state index contributed by atoms with van der Waals surface area (Å²) >= 11 is 0. The van der Waals surface area contributed by atoms with Gasteiger partial charge < -0.3 is 20.5 Å². The van der Waals surface area contributed by atoms with Crippen LogP contribution in [0.15, 0.2) is 24.4 Å². The zero-order valence-corrected chi connectivity index (χ0v) is 19.0. The molecule has 2 aromatic rings. The number of hydrogen-bond acceptors (Lipinski definition) is 7. The summed E-state index contributed by atoms with van der Waals surface area (Å²) in [4.78, 5) is 33.6. The normalized spacial score (nSPS) is 17.8. The molecule has 34 heavy (non-hydrogen) atoms. The Hall–Kier alpha value is -3.25. The van der Waals surface area contributed by atoms with Gasteiger partial charge in [0.25, 0.3) is 5.91 Å². The molecule has 0 aliphatic carbocycles. The Bertz CT molecular complexity index is 1060. The zero-order valence-electron chi connectivity index (χ0n) is 19.0. The van der Waals surface area contributed by atoms with E-state index < -0.39 is 24.8 Å². The van der Waals surface area contributed by atoms with Crippen LogP contribution in [0.2, 0.25) is 0 Å². The first-order valence-corrected chi connectivity index (χ1v) is 10.5. The molecular weight excluding hydrogens is 455 g/mol. The van der Waals surface area contributed by atoms with Crippen LogP contribution in [0.1, 0.15) is 53.2 Å².